The summed E-state index contributed by atoms with van der Waals surface area (Å²) in [6.07, 6.45) is -0.366. The molecular formula is C10H13NO3. The summed E-state index contributed by atoms with van der Waals surface area (Å²) >= 11 is 0. The van der Waals surface area contributed by atoms with E-state index in [0.717, 1.165) is 5.75 Å². The Balaban J connectivity index is 1.82. The topological polar surface area (TPSA) is 46.0 Å². The number of hydroxylamine groups is 2. The molecule has 0 aromatic heterocycles. The molecule has 76 valence electrons. The molecule has 1 aliphatic heterocycles. The van der Waals surface area contributed by atoms with E-state index in [1.54, 1.807) is 0 Å². The van der Waals surface area contributed by atoms with Crippen molar-refractivity contribution in [2.24, 2.45) is 0 Å². The van der Waals surface area contributed by atoms with Crippen LogP contribution in [0.2, 0.25) is 0 Å². The fourth-order valence-corrected chi connectivity index (χ4v) is 1.39. The molecule has 0 saturated carbocycles. The third-order valence-corrected chi connectivity index (χ3v) is 2.17. The second-order valence-corrected chi connectivity index (χ2v) is 3.20. The van der Waals surface area contributed by atoms with E-state index in [9.17, 15) is 5.21 Å². The van der Waals surface area contributed by atoms with E-state index in [1.807, 2.05) is 30.3 Å². The minimum absolute atomic E-state index is 0.140. The van der Waals surface area contributed by atoms with Crippen molar-refractivity contribution in [3.8, 4) is 5.75 Å². The molecule has 1 aliphatic rings. The van der Waals surface area contributed by atoms with E-state index in [4.69, 9.17) is 9.47 Å². The van der Waals surface area contributed by atoms with Gasteiger partial charge < -0.3 is 19.7 Å². The monoisotopic (exact) mass is 195 g/mol. The Kier molecular flexibility index (Phi) is 2.98. The van der Waals surface area contributed by atoms with Gasteiger partial charge in [-0.15, -0.1) is 0 Å². The predicted octanol–water partition coefficient (Wildman–Crippen LogP) is -0.196. The average molecular weight is 195 g/mol. The number of hydrogen-bond acceptors (Lipinski definition) is 3. The number of rotatable bonds is 3. The Hall–Kier alpha value is -1.10. The Bertz CT molecular complexity index is 278. The first-order valence-electron chi connectivity index (χ1n) is 4.68. The van der Waals surface area contributed by atoms with Gasteiger partial charge in [-0.25, -0.2) is 0 Å². The average Bonchev–Trinajstić information content (AvgIpc) is 2.63. The predicted molar refractivity (Wildman–Crippen MR) is 50.9 cm³/mol. The maximum atomic E-state index is 11.2. The lowest BCUT2D eigenvalue weighted by molar-refractivity contribution is -0.875. The summed E-state index contributed by atoms with van der Waals surface area (Å²) in [5.41, 5.74) is 0. The van der Waals surface area contributed by atoms with E-state index in [1.165, 1.54) is 0 Å². The van der Waals surface area contributed by atoms with Crippen LogP contribution >= 0.6 is 0 Å². The highest BCUT2D eigenvalue weighted by Gasteiger charge is 2.23. The lowest BCUT2D eigenvalue weighted by Gasteiger charge is -2.21. The van der Waals surface area contributed by atoms with Crippen molar-refractivity contribution in [2.75, 3.05) is 19.8 Å². The van der Waals surface area contributed by atoms with Crippen LogP contribution in [0.4, 0.5) is 0 Å². The SMILES string of the molecule is [O-][NH+]1CCOC1COc1ccccc1. The number of ether oxygens (including phenoxy) is 2. The molecule has 1 aromatic carbocycles. The molecule has 2 atom stereocenters. The van der Waals surface area contributed by atoms with Crippen LogP contribution in [0.5, 0.6) is 5.75 Å². The molecule has 2 unspecified atom stereocenters. The van der Waals surface area contributed by atoms with Gasteiger partial charge in [-0.2, -0.15) is 0 Å². The molecule has 0 radical (unpaired) electrons. The summed E-state index contributed by atoms with van der Waals surface area (Å²) < 4.78 is 10.6. The van der Waals surface area contributed by atoms with Crippen LogP contribution in [0.3, 0.4) is 0 Å². The molecule has 14 heavy (non-hydrogen) atoms. The first-order valence-corrected chi connectivity index (χ1v) is 4.68. The molecule has 1 fully saturated rings. The highest BCUT2D eigenvalue weighted by atomic mass is 16.6. The smallest absolute Gasteiger partial charge is 0.226 e. The number of para-hydroxylation sites is 1. The van der Waals surface area contributed by atoms with Crippen molar-refractivity contribution >= 4 is 0 Å². The summed E-state index contributed by atoms with van der Waals surface area (Å²) in [6, 6.07) is 9.43. The van der Waals surface area contributed by atoms with Crippen LogP contribution in [0.25, 0.3) is 0 Å². The normalized spacial score (nSPS) is 26.4. The van der Waals surface area contributed by atoms with Gasteiger partial charge in [0, 0.05) is 0 Å². The summed E-state index contributed by atoms with van der Waals surface area (Å²) in [4.78, 5) is 0. The largest absolute Gasteiger partial charge is 0.632 e. The number of nitrogens with one attached hydrogen (secondary N) is 1. The highest BCUT2D eigenvalue weighted by Crippen LogP contribution is 2.08. The van der Waals surface area contributed by atoms with Gasteiger partial charge in [0.05, 0.1) is 0 Å². The van der Waals surface area contributed by atoms with Gasteiger partial charge in [0.2, 0.25) is 6.23 Å². The zero-order chi connectivity index (χ0) is 9.80. The second kappa shape index (κ2) is 4.41. The van der Waals surface area contributed by atoms with Crippen LogP contribution < -0.4 is 9.80 Å². The molecular weight excluding hydrogens is 182 g/mol. The Morgan fingerprint density at radius 3 is 2.86 bits per heavy atom. The number of hydrogen-bond donors (Lipinski definition) is 1. The lowest BCUT2D eigenvalue weighted by Crippen LogP contribution is -3.10. The molecule has 1 aromatic rings. The minimum atomic E-state index is -0.366. The van der Waals surface area contributed by atoms with Crippen LogP contribution in [0, 0.1) is 5.21 Å². The van der Waals surface area contributed by atoms with Gasteiger partial charge in [-0.3, -0.25) is 0 Å². The van der Waals surface area contributed by atoms with E-state index in [-0.39, 0.29) is 11.3 Å². The van der Waals surface area contributed by atoms with E-state index in [2.05, 4.69) is 0 Å². The van der Waals surface area contributed by atoms with Crippen molar-refractivity contribution in [1.82, 2.24) is 0 Å². The maximum Gasteiger partial charge on any atom is 0.226 e. The first kappa shape index (κ1) is 9.45. The highest BCUT2D eigenvalue weighted by molar-refractivity contribution is 5.20. The molecule has 1 saturated heterocycles. The van der Waals surface area contributed by atoms with Crippen LogP contribution in [0.1, 0.15) is 0 Å². The van der Waals surface area contributed by atoms with Crippen LogP contribution in [-0.4, -0.2) is 26.0 Å². The Morgan fingerprint density at radius 1 is 1.43 bits per heavy atom. The fourth-order valence-electron chi connectivity index (χ4n) is 1.39. The van der Waals surface area contributed by atoms with Gasteiger partial charge in [0.25, 0.3) is 0 Å². The zero-order valence-corrected chi connectivity index (χ0v) is 7.81. The minimum Gasteiger partial charge on any atom is -0.632 e. The van der Waals surface area contributed by atoms with Gasteiger partial charge >= 0.3 is 0 Å². The van der Waals surface area contributed by atoms with Crippen LogP contribution in [0.15, 0.2) is 30.3 Å². The third-order valence-electron chi connectivity index (χ3n) is 2.17. The Labute approximate surface area is 82.6 Å². The molecule has 4 heteroatoms. The molecule has 1 N–H and O–H groups in total. The summed E-state index contributed by atoms with van der Waals surface area (Å²) in [5, 5.41) is 11.3. The van der Waals surface area contributed by atoms with E-state index in [0.29, 0.717) is 19.8 Å². The first-order chi connectivity index (χ1) is 6.86. The third kappa shape index (κ3) is 2.23. The van der Waals surface area contributed by atoms with Gasteiger partial charge in [-0.1, -0.05) is 18.2 Å². The van der Waals surface area contributed by atoms with Gasteiger partial charge in [-0.05, 0) is 12.1 Å². The summed E-state index contributed by atoms with van der Waals surface area (Å²) in [7, 11) is 0. The van der Waals surface area contributed by atoms with Gasteiger partial charge in [0.1, 0.15) is 18.9 Å². The van der Waals surface area contributed by atoms with Crippen molar-refractivity contribution in [3.05, 3.63) is 35.5 Å². The standard InChI is InChI=1S/C10H13NO3/c12-11-6-7-13-10(11)8-14-9-4-2-1-3-5-9/h1-5,10-11H,6-8H2. The van der Waals surface area contributed by atoms with Crippen molar-refractivity contribution < 1.29 is 14.5 Å². The molecule has 1 heterocycles. The lowest BCUT2D eigenvalue weighted by atomic mass is 10.3. The zero-order valence-electron chi connectivity index (χ0n) is 7.81. The van der Waals surface area contributed by atoms with Crippen molar-refractivity contribution in [1.29, 1.82) is 0 Å². The molecule has 0 spiro atoms. The van der Waals surface area contributed by atoms with Gasteiger partial charge in [0.15, 0.2) is 6.61 Å². The molecule has 0 bridgehead atoms. The van der Waals surface area contributed by atoms with Crippen LogP contribution in [-0.2, 0) is 4.74 Å². The molecule has 0 aliphatic carbocycles. The summed E-state index contributed by atoms with van der Waals surface area (Å²) in [6.45, 7) is 1.37. The molecule has 2 rings (SSSR count). The van der Waals surface area contributed by atoms with E-state index >= 15 is 0 Å². The van der Waals surface area contributed by atoms with Crippen molar-refractivity contribution in [2.45, 2.75) is 6.23 Å². The fraction of sp³-hybridized carbons (Fsp3) is 0.400. The number of quaternary nitrogens is 1. The molecule has 0 amide bonds. The Morgan fingerprint density at radius 2 is 2.21 bits per heavy atom. The van der Waals surface area contributed by atoms with Crippen molar-refractivity contribution in [3.63, 3.8) is 0 Å². The number of benzene rings is 1. The summed E-state index contributed by atoms with van der Waals surface area (Å²) in [5.74, 6) is 0.774. The second-order valence-electron chi connectivity index (χ2n) is 3.20. The van der Waals surface area contributed by atoms with E-state index < -0.39 is 0 Å². The quantitative estimate of drug-likeness (QED) is 0.680. The molecule has 4 nitrogen and oxygen atoms in total. The maximum absolute atomic E-state index is 11.2.